The van der Waals surface area contributed by atoms with Gasteiger partial charge in [-0.1, -0.05) is 11.6 Å². The van der Waals surface area contributed by atoms with Crippen molar-refractivity contribution in [3.05, 3.63) is 49.4 Å². The topological polar surface area (TPSA) is 68.1 Å². The first-order valence-electron chi connectivity index (χ1n) is 5.13. The zero-order chi connectivity index (χ0) is 13.1. The number of nitrogens with zero attached hydrogens (tertiary/aromatic N) is 2. The Morgan fingerprint density at radius 1 is 1.56 bits per heavy atom. The third kappa shape index (κ3) is 2.77. The monoisotopic (exact) mass is 283 g/mol. The molecule has 18 heavy (non-hydrogen) atoms. The average molecular weight is 284 g/mol. The SMILES string of the molecule is Cc1cc([N+](=O)[O-])c(Cl)cc1NCc1cncs1. The second kappa shape index (κ2) is 5.32. The van der Waals surface area contributed by atoms with E-state index in [2.05, 4.69) is 10.3 Å². The number of thiazole rings is 1. The van der Waals surface area contributed by atoms with E-state index < -0.39 is 4.92 Å². The highest BCUT2D eigenvalue weighted by Gasteiger charge is 2.14. The van der Waals surface area contributed by atoms with Crippen LogP contribution in [0.2, 0.25) is 5.02 Å². The van der Waals surface area contributed by atoms with Crippen LogP contribution in [0.4, 0.5) is 11.4 Å². The van der Waals surface area contributed by atoms with Crippen molar-refractivity contribution < 1.29 is 4.92 Å². The predicted molar refractivity (Wildman–Crippen MR) is 72.3 cm³/mol. The first-order valence-corrected chi connectivity index (χ1v) is 6.39. The first kappa shape index (κ1) is 12.8. The standard InChI is InChI=1S/C11H10ClN3O2S/c1-7-2-11(15(16)17)9(12)3-10(7)14-5-8-4-13-6-18-8/h2-4,6,14H,5H2,1H3. The van der Waals surface area contributed by atoms with Gasteiger partial charge in [0, 0.05) is 22.8 Å². The highest BCUT2D eigenvalue weighted by Crippen LogP contribution is 2.30. The van der Waals surface area contributed by atoms with Crippen molar-refractivity contribution >= 4 is 34.3 Å². The highest BCUT2D eigenvalue weighted by atomic mass is 35.5. The zero-order valence-electron chi connectivity index (χ0n) is 9.51. The molecule has 0 unspecified atom stereocenters. The Hall–Kier alpha value is -1.66. The molecule has 0 aliphatic rings. The molecule has 2 aromatic rings. The van der Waals surface area contributed by atoms with Crippen LogP contribution >= 0.6 is 22.9 Å². The van der Waals surface area contributed by atoms with Gasteiger partial charge in [0.1, 0.15) is 5.02 Å². The molecule has 0 amide bonds. The minimum absolute atomic E-state index is 0.0718. The summed E-state index contributed by atoms with van der Waals surface area (Å²) >= 11 is 7.41. The summed E-state index contributed by atoms with van der Waals surface area (Å²) in [5, 5.41) is 14.0. The summed E-state index contributed by atoms with van der Waals surface area (Å²) in [5.41, 5.74) is 3.26. The number of hydrogen-bond donors (Lipinski definition) is 1. The average Bonchev–Trinajstić information content (AvgIpc) is 2.82. The molecular formula is C11H10ClN3O2S. The molecule has 5 nitrogen and oxygen atoms in total. The smallest absolute Gasteiger partial charge is 0.288 e. The maximum atomic E-state index is 10.7. The van der Waals surface area contributed by atoms with E-state index in [1.165, 1.54) is 6.07 Å². The summed E-state index contributed by atoms with van der Waals surface area (Å²) in [6, 6.07) is 3.05. The molecule has 0 aliphatic heterocycles. The van der Waals surface area contributed by atoms with E-state index in [4.69, 9.17) is 11.6 Å². The second-order valence-corrected chi connectivity index (χ2v) is 5.08. The molecular weight excluding hydrogens is 274 g/mol. The summed E-state index contributed by atoms with van der Waals surface area (Å²) in [6.45, 7) is 2.43. The van der Waals surface area contributed by atoms with Crippen LogP contribution in [0.3, 0.4) is 0 Å². The lowest BCUT2D eigenvalue weighted by molar-refractivity contribution is -0.384. The van der Waals surface area contributed by atoms with Gasteiger partial charge in [0.05, 0.1) is 17.0 Å². The molecule has 1 heterocycles. The summed E-state index contributed by atoms with van der Waals surface area (Å²) in [5.74, 6) is 0. The number of anilines is 1. The van der Waals surface area contributed by atoms with Gasteiger partial charge in [-0.2, -0.15) is 0 Å². The molecule has 0 saturated heterocycles. The van der Waals surface area contributed by atoms with Crippen LogP contribution in [0.5, 0.6) is 0 Å². The fourth-order valence-electron chi connectivity index (χ4n) is 1.51. The van der Waals surface area contributed by atoms with Gasteiger partial charge in [-0.15, -0.1) is 11.3 Å². The molecule has 0 fully saturated rings. The van der Waals surface area contributed by atoms with Crippen LogP contribution in [-0.2, 0) is 6.54 Å². The summed E-state index contributed by atoms with van der Waals surface area (Å²) in [6.07, 6.45) is 1.78. The Bertz CT molecular complexity index is 572. The van der Waals surface area contributed by atoms with Gasteiger partial charge in [0.15, 0.2) is 0 Å². The number of hydrogen-bond acceptors (Lipinski definition) is 5. The maximum Gasteiger partial charge on any atom is 0.288 e. The van der Waals surface area contributed by atoms with E-state index >= 15 is 0 Å². The van der Waals surface area contributed by atoms with E-state index in [1.54, 1.807) is 36.0 Å². The third-order valence-corrected chi connectivity index (χ3v) is 3.51. The Balaban J connectivity index is 2.19. The second-order valence-electron chi connectivity index (χ2n) is 3.70. The Kier molecular flexibility index (Phi) is 3.78. The Morgan fingerprint density at radius 2 is 2.33 bits per heavy atom. The van der Waals surface area contributed by atoms with Gasteiger partial charge in [-0.25, -0.2) is 0 Å². The Morgan fingerprint density at radius 3 is 2.94 bits per heavy atom. The van der Waals surface area contributed by atoms with Crippen molar-refractivity contribution in [3.8, 4) is 0 Å². The number of nitro benzene ring substituents is 1. The van der Waals surface area contributed by atoms with E-state index in [-0.39, 0.29) is 10.7 Å². The third-order valence-electron chi connectivity index (χ3n) is 2.43. The number of rotatable bonds is 4. The van der Waals surface area contributed by atoms with Gasteiger partial charge in [0.25, 0.3) is 5.69 Å². The molecule has 1 aromatic heterocycles. The number of aryl methyl sites for hydroxylation is 1. The van der Waals surface area contributed by atoms with Crippen molar-refractivity contribution in [2.75, 3.05) is 5.32 Å². The number of halogens is 1. The van der Waals surface area contributed by atoms with Gasteiger partial charge in [0.2, 0.25) is 0 Å². The van der Waals surface area contributed by atoms with E-state index in [1.807, 2.05) is 0 Å². The molecule has 0 atom stereocenters. The lowest BCUT2D eigenvalue weighted by Crippen LogP contribution is -2.00. The van der Waals surface area contributed by atoms with Crippen LogP contribution in [0.1, 0.15) is 10.4 Å². The zero-order valence-corrected chi connectivity index (χ0v) is 11.1. The predicted octanol–water partition coefficient (Wildman–Crippen LogP) is 3.63. The number of benzene rings is 1. The molecule has 0 spiro atoms. The molecule has 0 radical (unpaired) electrons. The quantitative estimate of drug-likeness (QED) is 0.687. The molecule has 1 N–H and O–H groups in total. The van der Waals surface area contributed by atoms with Crippen molar-refractivity contribution in [2.24, 2.45) is 0 Å². The molecule has 7 heteroatoms. The van der Waals surface area contributed by atoms with Gasteiger partial charge in [-0.3, -0.25) is 15.1 Å². The van der Waals surface area contributed by atoms with E-state index in [0.29, 0.717) is 6.54 Å². The summed E-state index contributed by atoms with van der Waals surface area (Å²) in [4.78, 5) is 15.3. The van der Waals surface area contributed by atoms with Crippen LogP contribution < -0.4 is 5.32 Å². The largest absolute Gasteiger partial charge is 0.380 e. The van der Waals surface area contributed by atoms with Crippen LogP contribution in [0.25, 0.3) is 0 Å². The van der Waals surface area contributed by atoms with Crippen molar-refractivity contribution in [2.45, 2.75) is 13.5 Å². The lowest BCUT2D eigenvalue weighted by Gasteiger charge is -2.09. The number of nitro groups is 1. The Labute approximate surface area is 113 Å². The van der Waals surface area contributed by atoms with Gasteiger partial charge >= 0.3 is 0 Å². The molecule has 0 saturated carbocycles. The minimum atomic E-state index is -0.484. The molecule has 0 bridgehead atoms. The summed E-state index contributed by atoms with van der Waals surface area (Å²) < 4.78 is 0. The van der Waals surface area contributed by atoms with Crippen molar-refractivity contribution in [3.63, 3.8) is 0 Å². The first-order chi connectivity index (χ1) is 8.58. The number of nitrogens with one attached hydrogen (secondary N) is 1. The van der Waals surface area contributed by atoms with Crippen molar-refractivity contribution in [1.29, 1.82) is 0 Å². The molecule has 1 aromatic carbocycles. The highest BCUT2D eigenvalue weighted by molar-refractivity contribution is 7.09. The van der Waals surface area contributed by atoms with E-state index in [0.717, 1.165) is 16.1 Å². The molecule has 2 rings (SSSR count). The minimum Gasteiger partial charge on any atom is -0.380 e. The molecule has 94 valence electrons. The normalized spacial score (nSPS) is 10.3. The molecule has 0 aliphatic carbocycles. The maximum absolute atomic E-state index is 10.7. The lowest BCUT2D eigenvalue weighted by atomic mass is 10.2. The van der Waals surface area contributed by atoms with E-state index in [9.17, 15) is 10.1 Å². The van der Waals surface area contributed by atoms with Crippen LogP contribution in [0, 0.1) is 17.0 Å². The summed E-state index contributed by atoms with van der Waals surface area (Å²) in [7, 11) is 0. The fraction of sp³-hybridized carbons (Fsp3) is 0.182. The van der Waals surface area contributed by atoms with Crippen LogP contribution in [-0.4, -0.2) is 9.91 Å². The van der Waals surface area contributed by atoms with Crippen molar-refractivity contribution in [1.82, 2.24) is 4.98 Å². The van der Waals surface area contributed by atoms with Gasteiger partial charge < -0.3 is 5.32 Å². The van der Waals surface area contributed by atoms with Crippen LogP contribution in [0.15, 0.2) is 23.8 Å². The van der Waals surface area contributed by atoms with Gasteiger partial charge in [-0.05, 0) is 18.6 Å². The fourth-order valence-corrected chi connectivity index (χ4v) is 2.28. The number of aromatic nitrogens is 1.